The van der Waals surface area contributed by atoms with Crippen LogP contribution in [0.25, 0.3) is 0 Å². The summed E-state index contributed by atoms with van der Waals surface area (Å²) in [5.41, 5.74) is 5.01. The van der Waals surface area contributed by atoms with Gasteiger partial charge in [0.1, 0.15) is 5.56 Å². The number of carbonyl (C=O) groups excluding carboxylic acids is 2. The molecule has 0 radical (unpaired) electrons. The highest BCUT2D eigenvalue weighted by atomic mass is 35.5. The van der Waals surface area contributed by atoms with Gasteiger partial charge in [-0.15, -0.1) is 12.4 Å². The lowest BCUT2D eigenvalue weighted by atomic mass is 9.96. The molecule has 2 rings (SSSR count). The van der Waals surface area contributed by atoms with Gasteiger partial charge in [0, 0.05) is 37.3 Å². The Kier molecular flexibility index (Phi) is 8.08. The van der Waals surface area contributed by atoms with Gasteiger partial charge in [0.05, 0.1) is 10.8 Å². The van der Waals surface area contributed by atoms with Crippen LogP contribution in [0.3, 0.4) is 0 Å². The van der Waals surface area contributed by atoms with Crippen molar-refractivity contribution in [1.29, 1.82) is 0 Å². The second kappa shape index (κ2) is 9.55. The molecule has 1 aliphatic heterocycles. The summed E-state index contributed by atoms with van der Waals surface area (Å²) in [6, 6.07) is 3.88. The molecule has 0 bridgehead atoms. The van der Waals surface area contributed by atoms with Crippen LogP contribution in [0.2, 0.25) is 5.02 Å². The van der Waals surface area contributed by atoms with Gasteiger partial charge in [0.15, 0.2) is 0 Å². The van der Waals surface area contributed by atoms with Gasteiger partial charge in [-0.2, -0.15) is 0 Å². The fraction of sp³-hybridized carbons (Fsp3) is 0.467. The minimum atomic E-state index is -0.612. The second-order valence-corrected chi connectivity index (χ2v) is 6.03. The van der Waals surface area contributed by atoms with E-state index in [9.17, 15) is 19.7 Å². The maximum absolute atomic E-state index is 12.7. The minimum absolute atomic E-state index is 0. The summed E-state index contributed by atoms with van der Waals surface area (Å²) in [6.07, 6.45) is 1.32. The summed E-state index contributed by atoms with van der Waals surface area (Å²) in [4.78, 5) is 36.7. The Hall–Kier alpha value is -1.90. The van der Waals surface area contributed by atoms with Crippen molar-refractivity contribution in [2.75, 3.05) is 26.2 Å². The summed E-state index contributed by atoms with van der Waals surface area (Å²) in [5.74, 6) is -0.980. The van der Waals surface area contributed by atoms with Crippen molar-refractivity contribution < 1.29 is 14.5 Å². The third-order valence-corrected chi connectivity index (χ3v) is 4.14. The average Bonchev–Trinajstić information content (AvgIpc) is 2.58. The van der Waals surface area contributed by atoms with Gasteiger partial charge < -0.3 is 16.0 Å². The number of nitro benzene ring substituents is 1. The third kappa shape index (κ3) is 5.29. The van der Waals surface area contributed by atoms with Crippen LogP contribution in [-0.4, -0.2) is 47.8 Å². The van der Waals surface area contributed by atoms with Gasteiger partial charge in [-0.3, -0.25) is 19.7 Å². The molecule has 1 fully saturated rings. The van der Waals surface area contributed by atoms with Crippen LogP contribution in [0.15, 0.2) is 18.2 Å². The van der Waals surface area contributed by atoms with Crippen LogP contribution < -0.4 is 11.1 Å². The molecule has 138 valence electrons. The lowest BCUT2D eigenvalue weighted by Gasteiger charge is -2.32. The quantitative estimate of drug-likeness (QED) is 0.584. The number of nitro groups is 1. The normalized spacial score (nSPS) is 16.7. The molecular formula is C15H20Cl2N4O4. The van der Waals surface area contributed by atoms with Gasteiger partial charge in [0.25, 0.3) is 11.6 Å². The molecule has 0 aliphatic carbocycles. The Balaban J connectivity index is 0.00000312. The highest BCUT2D eigenvalue weighted by Crippen LogP contribution is 2.26. The van der Waals surface area contributed by atoms with E-state index in [2.05, 4.69) is 5.32 Å². The second-order valence-electron chi connectivity index (χ2n) is 5.59. The molecule has 0 saturated carbocycles. The number of nitrogens with two attached hydrogens (primary N) is 1. The largest absolute Gasteiger partial charge is 0.355 e. The van der Waals surface area contributed by atoms with Crippen molar-refractivity contribution >= 4 is 41.5 Å². The van der Waals surface area contributed by atoms with Crippen LogP contribution in [0.4, 0.5) is 5.69 Å². The molecular weight excluding hydrogens is 371 g/mol. The van der Waals surface area contributed by atoms with Crippen molar-refractivity contribution in [2.45, 2.75) is 12.8 Å². The first-order chi connectivity index (χ1) is 11.4. The number of halogens is 2. The van der Waals surface area contributed by atoms with Crippen molar-refractivity contribution in [3.63, 3.8) is 0 Å². The number of likely N-dealkylation sites (tertiary alicyclic amines) is 1. The molecule has 10 heteroatoms. The molecule has 1 aliphatic rings. The lowest BCUT2D eigenvalue weighted by Crippen LogP contribution is -2.46. The predicted molar refractivity (Wildman–Crippen MR) is 96.0 cm³/mol. The zero-order valence-corrected chi connectivity index (χ0v) is 15.0. The summed E-state index contributed by atoms with van der Waals surface area (Å²) >= 11 is 5.87. The van der Waals surface area contributed by atoms with Gasteiger partial charge in [-0.1, -0.05) is 11.6 Å². The Labute approximate surface area is 156 Å². The number of amides is 2. The number of rotatable bonds is 5. The van der Waals surface area contributed by atoms with Crippen LogP contribution in [0.5, 0.6) is 0 Å². The van der Waals surface area contributed by atoms with Gasteiger partial charge in [-0.05, 0) is 25.0 Å². The molecule has 1 unspecified atom stereocenters. The van der Waals surface area contributed by atoms with Crippen molar-refractivity contribution in [1.82, 2.24) is 10.2 Å². The van der Waals surface area contributed by atoms with E-state index >= 15 is 0 Å². The van der Waals surface area contributed by atoms with Crippen molar-refractivity contribution in [2.24, 2.45) is 11.7 Å². The van der Waals surface area contributed by atoms with E-state index in [1.54, 1.807) is 0 Å². The minimum Gasteiger partial charge on any atom is -0.355 e. The van der Waals surface area contributed by atoms with E-state index in [4.69, 9.17) is 17.3 Å². The molecule has 1 aromatic rings. The van der Waals surface area contributed by atoms with E-state index in [1.807, 2.05) is 0 Å². The first kappa shape index (κ1) is 21.1. The van der Waals surface area contributed by atoms with Crippen LogP contribution in [0.1, 0.15) is 23.2 Å². The predicted octanol–water partition coefficient (Wildman–Crippen LogP) is 1.60. The number of nitrogens with one attached hydrogen (secondary N) is 1. The Morgan fingerprint density at radius 2 is 2.16 bits per heavy atom. The van der Waals surface area contributed by atoms with Crippen LogP contribution in [-0.2, 0) is 4.79 Å². The van der Waals surface area contributed by atoms with Crippen molar-refractivity contribution in [3.8, 4) is 0 Å². The van der Waals surface area contributed by atoms with Gasteiger partial charge >= 0.3 is 0 Å². The van der Waals surface area contributed by atoms with Gasteiger partial charge in [0.2, 0.25) is 5.91 Å². The fourth-order valence-electron chi connectivity index (χ4n) is 2.72. The molecule has 0 spiro atoms. The molecule has 25 heavy (non-hydrogen) atoms. The highest BCUT2D eigenvalue weighted by molar-refractivity contribution is 6.31. The number of carbonyl (C=O) groups is 2. The SMILES string of the molecule is Cl.NCCNC(=O)C1CCCN(C(=O)c2cc(Cl)ccc2[N+](=O)[O-])C1. The summed E-state index contributed by atoms with van der Waals surface area (Å²) in [6.45, 7) is 1.39. The molecule has 3 N–H and O–H groups in total. The summed E-state index contributed by atoms with van der Waals surface area (Å²) < 4.78 is 0. The van der Waals surface area contributed by atoms with E-state index in [0.29, 0.717) is 32.5 Å². The zero-order chi connectivity index (χ0) is 17.7. The Bertz CT molecular complexity index is 656. The Morgan fingerprint density at radius 1 is 1.44 bits per heavy atom. The number of nitrogens with zero attached hydrogens (tertiary/aromatic N) is 2. The standard InChI is InChI=1S/C15H19ClN4O4.ClH/c16-11-3-4-13(20(23)24)12(8-11)15(22)19-7-1-2-10(9-19)14(21)18-6-5-17;/h3-4,8,10H,1-2,5-7,9,17H2,(H,18,21);1H. The first-order valence-electron chi connectivity index (χ1n) is 7.65. The first-order valence-corrected chi connectivity index (χ1v) is 8.03. The monoisotopic (exact) mass is 390 g/mol. The van der Waals surface area contributed by atoms with Crippen LogP contribution in [0, 0.1) is 16.0 Å². The summed E-state index contributed by atoms with van der Waals surface area (Å²) in [5, 5.41) is 14.1. The average molecular weight is 391 g/mol. The number of hydrogen-bond acceptors (Lipinski definition) is 5. The fourth-order valence-corrected chi connectivity index (χ4v) is 2.90. The number of piperidine rings is 1. The number of benzene rings is 1. The van der Waals surface area contributed by atoms with E-state index in [0.717, 1.165) is 0 Å². The van der Waals surface area contributed by atoms with E-state index in [1.165, 1.54) is 23.1 Å². The van der Waals surface area contributed by atoms with Gasteiger partial charge in [-0.25, -0.2) is 0 Å². The maximum Gasteiger partial charge on any atom is 0.282 e. The molecule has 1 heterocycles. The third-order valence-electron chi connectivity index (χ3n) is 3.91. The molecule has 1 aromatic carbocycles. The molecule has 1 saturated heterocycles. The zero-order valence-electron chi connectivity index (χ0n) is 13.4. The molecule has 2 amide bonds. The molecule has 1 atom stereocenters. The maximum atomic E-state index is 12.7. The Morgan fingerprint density at radius 3 is 2.80 bits per heavy atom. The highest BCUT2D eigenvalue weighted by Gasteiger charge is 2.31. The molecule has 8 nitrogen and oxygen atoms in total. The van der Waals surface area contributed by atoms with Crippen LogP contribution >= 0.6 is 24.0 Å². The summed E-state index contributed by atoms with van der Waals surface area (Å²) in [7, 11) is 0. The van der Waals surface area contributed by atoms with Crippen molar-refractivity contribution in [3.05, 3.63) is 38.9 Å². The molecule has 0 aromatic heterocycles. The number of hydrogen-bond donors (Lipinski definition) is 2. The smallest absolute Gasteiger partial charge is 0.282 e. The lowest BCUT2D eigenvalue weighted by molar-refractivity contribution is -0.385. The topological polar surface area (TPSA) is 119 Å². The van der Waals surface area contributed by atoms with E-state index < -0.39 is 10.8 Å². The van der Waals surface area contributed by atoms with E-state index in [-0.39, 0.29) is 47.1 Å².